The molecule has 0 amide bonds. The summed E-state index contributed by atoms with van der Waals surface area (Å²) >= 11 is 3.44. The summed E-state index contributed by atoms with van der Waals surface area (Å²) in [5.74, 6) is 1.31. The third kappa shape index (κ3) is 4.14. The monoisotopic (exact) mass is 323 g/mol. The summed E-state index contributed by atoms with van der Waals surface area (Å²) < 4.78 is 6.30. The SMILES string of the molecule is CCCNC(C)Cc1nc(-c2cccc(Br)c2)no1. The fourth-order valence-corrected chi connectivity index (χ4v) is 2.21. The summed E-state index contributed by atoms with van der Waals surface area (Å²) in [7, 11) is 0. The quantitative estimate of drug-likeness (QED) is 0.884. The number of nitrogens with one attached hydrogen (secondary N) is 1. The number of hydrogen-bond acceptors (Lipinski definition) is 4. The molecular weight excluding hydrogens is 306 g/mol. The van der Waals surface area contributed by atoms with Crippen LogP contribution in [0.4, 0.5) is 0 Å². The van der Waals surface area contributed by atoms with Gasteiger partial charge in [-0.15, -0.1) is 0 Å². The molecule has 1 aromatic carbocycles. The van der Waals surface area contributed by atoms with Gasteiger partial charge in [0, 0.05) is 22.5 Å². The van der Waals surface area contributed by atoms with Gasteiger partial charge in [0.1, 0.15) is 0 Å². The summed E-state index contributed by atoms with van der Waals surface area (Å²) in [4.78, 5) is 4.43. The zero-order chi connectivity index (χ0) is 13.7. The largest absolute Gasteiger partial charge is 0.339 e. The smallest absolute Gasteiger partial charge is 0.228 e. The highest BCUT2D eigenvalue weighted by molar-refractivity contribution is 9.10. The first-order chi connectivity index (χ1) is 9.19. The molecule has 4 nitrogen and oxygen atoms in total. The Balaban J connectivity index is 2.03. The van der Waals surface area contributed by atoms with Crippen molar-refractivity contribution in [2.75, 3.05) is 6.54 Å². The first-order valence-corrected chi connectivity index (χ1v) is 7.30. The van der Waals surface area contributed by atoms with E-state index in [1.165, 1.54) is 0 Å². The summed E-state index contributed by atoms with van der Waals surface area (Å²) in [6.07, 6.45) is 1.87. The number of aromatic nitrogens is 2. The molecule has 0 fully saturated rings. The van der Waals surface area contributed by atoms with Crippen LogP contribution in [0.5, 0.6) is 0 Å². The average Bonchev–Trinajstić information content (AvgIpc) is 2.85. The number of hydrogen-bond donors (Lipinski definition) is 1. The van der Waals surface area contributed by atoms with Crippen molar-refractivity contribution < 1.29 is 4.52 Å². The van der Waals surface area contributed by atoms with E-state index in [4.69, 9.17) is 4.52 Å². The minimum atomic E-state index is 0.343. The van der Waals surface area contributed by atoms with Crippen molar-refractivity contribution >= 4 is 15.9 Å². The van der Waals surface area contributed by atoms with Gasteiger partial charge in [0.05, 0.1) is 0 Å². The van der Waals surface area contributed by atoms with Crippen molar-refractivity contribution in [2.24, 2.45) is 0 Å². The van der Waals surface area contributed by atoms with Crippen LogP contribution < -0.4 is 5.32 Å². The fraction of sp³-hybridized carbons (Fsp3) is 0.429. The summed E-state index contributed by atoms with van der Waals surface area (Å²) in [5.41, 5.74) is 0.957. The molecule has 2 rings (SSSR count). The highest BCUT2D eigenvalue weighted by atomic mass is 79.9. The first-order valence-electron chi connectivity index (χ1n) is 6.51. The molecule has 1 unspecified atom stereocenters. The zero-order valence-electron chi connectivity index (χ0n) is 11.2. The summed E-state index contributed by atoms with van der Waals surface area (Å²) in [5, 5.41) is 7.43. The van der Waals surface area contributed by atoms with E-state index >= 15 is 0 Å². The van der Waals surface area contributed by atoms with Crippen LogP contribution >= 0.6 is 15.9 Å². The zero-order valence-corrected chi connectivity index (χ0v) is 12.8. The van der Waals surface area contributed by atoms with Crippen LogP contribution in [0.3, 0.4) is 0 Å². The lowest BCUT2D eigenvalue weighted by Gasteiger charge is -2.09. The molecule has 0 aliphatic rings. The third-order valence-electron chi connectivity index (χ3n) is 2.77. The molecule has 0 spiro atoms. The van der Waals surface area contributed by atoms with Crippen molar-refractivity contribution in [2.45, 2.75) is 32.7 Å². The van der Waals surface area contributed by atoms with Crippen LogP contribution in [-0.2, 0) is 6.42 Å². The normalized spacial score (nSPS) is 12.6. The molecule has 0 saturated carbocycles. The Hall–Kier alpha value is -1.20. The number of rotatable bonds is 6. The molecule has 0 bridgehead atoms. The molecular formula is C14H18BrN3O. The van der Waals surface area contributed by atoms with Crippen LogP contribution in [0.2, 0.25) is 0 Å². The Morgan fingerprint density at radius 1 is 1.42 bits per heavy atom. The molecule has 1 heterocycles. The second-order valence-corrected chi connectivity index (χ2v) is 5.50. The molecule has 102 valence electrons. The predicted molar refractivity (Wildman–Crippen MR) is 78.9 cm³/mol. The molecule has 19 heavy (non-hydrogen) atoms. The van der Waals surface area contributed by atoms with Gasteiger partial charge < -0.3 is 9.84 Å². The van der Waals surface area contributed by atoms with Crippen molar-refractivity contribution in [3.05, 3.63) is 34.6 Å². The average molecular weight is 324 g/mol. The molecule has 2 aromatic rings. The molecule has 1 atom stereocenters. The van der Waals surface area contributed by atoms with Crippen LogP contribution in [0.1, 0.15) is 26.2 Å². The Bertz CT molecular complexity index is 527. The van der Waals surface area contributed by atoms with Crippen molar-refractivity contribution in [1.29, 1.82) is 0 Å². The molecule has 0 aliphatic carbocycles. The Morgan fingerprint density at radius 2 is 2.26 bits per heavy atom. The Morgan fingerprint density at radius 3 is 3.00 bits per heavy atom. The van der Waals surface area contributed by atoms with Gasteiger partial charge in [0.25, 0.3) is 0 Å². The van der Waals surface area contributed by atoms with Crippen molar-refractivity contribution in [3.8, 4) is 11.4 Å². The Labute approximate surface area is 121 Å². The summed E-state index contributed by atoms with van der Waals surface area (Å²) in [6, 6.07) is 8.23. The highest BCUT2D eigenvalue weighted by Gasteiger charge is 2.11. The van der Waals surface area contributed by atoms with Gasteiger partial charge in [-0.3, -0.25) is 0 Å². The van der Waals surface area contributed by atoms with Gasteiger partial charge in [0.15, 0.2) is 0 Å². The minimum absolute atomic E-state index is 0.343. The van der Waals surface area contributed by atoms with Gasteiger partial charge in [-0.05, 0) is 32.0 Å². The fourth-order valence-electron chi connectivity index (χ4n) is 1.81. The standard InChI is InChI=1S/C14H18BrN3O/c1-3-7-16-10(2)8-13-17-14(18-19-13)11-5-4-6-12(15)9-11/h4-6,9-10,16H,3,7-8H2,1-2H3. The third-order valence-corrected chi connectivity index (χ3v) is 3.27. The summed E-state index contributed by atoms with van der Waals surface area (Å²) in [6.45, 7) is 5.28. The molecule has 5 heteroatoms. The van der Waals surface area contributed by atoms with Gasteiger partial charge in [-0.2, -0.15) is 4.98 Å². The number of halogens is 1. The van der Waals surface area contributed by atoms with E-state index in [0.717, 1.165) is 29.4 Å². The molecule has 0 radical (unpaired) electrons. The van der Waals surface area contributed by atoms with Crippen molar-refractivity contribution in [3.63, 3.8) is 0 Å². The van der Waals surface area contributed by atoms with Crippen molar-refractivity contribution in [1.82, 2.24) is 15.5 Å². The molecule has 1 aromatic heterocycles. The van der Waals surface area contributed by atoms with Crippen LogP contribution in [0, 0.1) is 0 Å². The lowest BCUT2D eigenvalue weighted by Crippen LogP contribution is -2.28. The van der Waals surface area contributed by atoms with Gasteiger partial charge in [-0.25, -0.2) is 0 Å². The number of nitrogens with zero attached hydrogens (tertiary/aromatic N) is 2. The van der Waals surface area contributed by atoms with E-state index in [2.05, 4.69) is 45.2 Å². The van der Waals surface area contributed by atoms with E-state index < -0.39 is 0 Å². The van der Waals surface area contributed by atoms with Crippen LogP contribution in [0.25, 0.3) is 11.4 Å². The van der Waals surface area contributed by atoms with Gasteiger partial charge >= 0.3 is 0 Å². The second-order valence-electron chi connectivity index (χ2n) is 4.58. The first kappa shape index (κ1) is 14.2. The molecule has 1 N–H and O–H groups in total. The van der Waals surface area contributed by atoms with E-state index in [0.29, 0.717) is 17.8 Å². The van der Waals surface area contributed by atoms with Gasteiger partial charge in [0.2, 0.25) is 11.7 Å². The topological polar surface area (TPSA) is 51.0 Å². The second kappa shape index (κ2) is 6.82. The lowest BCUT2D eigenvalue weighted by atomic mass is 10.2. The maximum atomic E-state index is 5.29. The van der Waals surface area contributed by atoms with E-state index in [1.54, 1.807) is 0 Å². The van der Waals surface area contributed by atoms with Crippen LogP contribution in [-0.4, -0.2) is 22.7 Å². The minimum Gasteiger partial charge on any atom is -0.339 e. The number of benzene rings is 1. The molecule has 0 saturated heterocycles. The lowest BCUT2D eigenvalue weighted by molar-refractivity contribution is 0.362. The van der Waals surface area contributed by atoms with E-state index in [9.17, 15) is 0 Å². The predicted octanol–water partition coefficient (Wildman–Crippen LogP) is 3.43. The van der Waals surface area contributed by atoms with E-state index in [-0.39, 0.29) is 0 Å². The maximum Gasteiger partial charge on any atom is 0.228 e. The van der Waals surface area contributed by atoms with E-state index in [1.807, 2.05) is 24.3 Å². The Kier molecular flexibility index (Phi) is 5.10. The van der Waals surface area contributed by atoms with Crippen LogP contribution in [0.15, 0.2) is 33.3 Å². The van der Waals surface area contributed by atoms with Gasteiger partial charge in [-0.1, -0.05) is 40.1 Å². The highest BCUT2D eigenvalue weighted by Crippen LogP contribution is 2.20. The molecule has 0 aliphatic heterocycles. The maximum absolute atomic E-state index is 5.29.